The zero-order chi connectivity index (χ0) is 12.4. The molecule has 2 heterocycles. The third kappa shape index (κ3) is 1.72. The third-order valence-corrected chi connectivity index (χ3v) is 2.90. The standard InChI is InChI=1S/C14H13N3O/c1-2-12-13(11-8-15-9-16-11)14(17-18-12)10-6-4-3-5-7-10/h3-9H,2H2,1H3,(H,15,16). The lowest BCUT2D eigenvalue weighted by atomic mass is 10.0. The minimum Gasteiger partial charge on any atom is -0.360 e. The molecular formula is C14H13N3O. The molecule has 1 aromatic carbocycles. The summed E-state index contributed by atoms with van der Waals surface area (Å²) in [5.41, 5.74) is 3.84. The van der Waals surface area contributed by atoms with Crippen LogP contribution < -0.4 is 0 Å². The molecule has 0 aliphatic carbocycles. The van der Waals surface area contributed by atoms with Crippen molar-refractivity contribution >= 4 is 0 Å². The van der Waals surface area contributed by atoms with Gasteiger partial charge in [0.25, 0.3) is 0 Å². The van der Waals surface area contributed by atoms with Crippen molar-refractivity contribution in [1.82, 2.24) is 15.1 Å². The predicted molar refractivity (Wildman–Crippen MR) is 68.9 cm³/mol. The van der Waals surface area contributed by atoms with Crippen molar-refractivity contribution in [2.24, 2.45) is 0 Å². The molecule has 0 aliphatic heterocycles. The number of aromatic nitrogens is 3. The van der Waals surface area contributed by atoms with Crippen molar-refractivity contribution in [1.29, 1.82) is 0 Å². The van der Waals surface area contributed by atoms with Crippen LogP contribution in [-0.4, -0.2) is 15.1 Å². The Balaban J connectivity index is 2.20. The van der Waals surface area contributed by atoms with E-state index >= 15 is 0 Å². The van der Waals surface area contributed by atoms with E-state index in [9.17, 15) is 0 Å². The Morgan fingerprint density at radius 3 is 2.72 bits per heavy atom. The van der Waals surface area contributed by atoms with Gasteiger partial charge in [0.1, 0.15) is 11.5 Å². The average Bonchev–Trinajstić information content (AvgIpc) is 3.08. The molecule has 4 nitrogen and oxygen atoms in total. The molecule has 4 heteroatoms. The molecule has 3 rings (SSSR count). The summed E-state index contributed by atoms with van der Waals surface area (Å²) in [6.45, 7) is 2.05. The second-order valence-electron chi connectivity index (χ2n) is 4.01. The summed E-state index contributed by atoms with van der Waals surface area (Å²) in [6, 6.07) is 10.0. The number of benzene rings is 1. The first kappa shape index (κ1) is 10.8. The second kappa shape index (κ2) is 4.49. The van der Waals surface area contributed by atoms with E-state index in [2.05, 4.69) is 22.0 Å². The molecule has 0 radical (unpaired) electrons. The molecular weight excluding hydrogens is 226 g/mol. The van der Waals surface area contributed by atoms with Crippen LogP contribution in [0.15, 0.2) is 47.4 Å². The minimum absolute atomic E-state index is 0.800. The number of rotatable bonds is 3. The number of aryl methyl sites for hydroxylation is 1. The Morgan fingerprint density at radius 2 is 2.06 bits per heavy atom. The normalized spacial score (nSPS) is 10.7. The number of aromatic amines is 1. The topological polar surface area (TPSA) is 54.7 Å². The summed E-state index contributed by atoms with van der Waals surface area (Å²) in [5, 5.41) is 4.19. The highest BCUT2D eigenvalue weighted by Gasteiger charge is 2.18. The lowest BCUT2D eigenvalue weighted by molar-refractivity contribution is 0.389. The molecule has 18 heavy (non-hydrogen) atoms. The summed E-state index contributed by atoms with van der Waals surface area (Å²) in [6.07, 6.45) is 4.25. The van der Waals surface area contributed by atoms with Gasteiger partial charge < -0.3 is 9.51 Å². The van der Waals surface area contributed by atoms with Gasteiger partial charge in [0, 0.05) is 12.0 Å². The molecule has 0 bridgehead atoms. The van der Waals surface area contributed by atoms with Crippen LogP contribution >= 0.6 is 0 Å². The van der Waals surface area contributed by atoms with E-state index in [-0.39, 0.29) is 0 Å². The highest BCUT2D eigenvalue weighted by molar-refractivity contribution is 5.79. The fourth-order valence-corrected chi connectivity index (χ4v) is 2.03. The summed E-state index contributed by atoms with van der Waals surface area (Å²) >= 11 is 0. The lowest BCUT2D eigenvalue weighted by Crippen LogP contribution is -1.86. The number of imidazole rings is 1. The fraction of sp³-hybridized carbons (Fsp3) is 0.143. The van der Waals surface area contributed by atoms with Gasteiger partial charge in [-0.25, -0.2) is 4.98 Å². The van der Waals surface area contributed by atoms with Crippen molar-refractivity contribution in [3.63, 3.8) is 0 Å². The van der Waals surface area contributed by atoms with E-state index in [1.807, 2.05) is 30.3 Å². The van der Waals surface area contributed by atoms with Gasteiger partial charge in [-0.1, -0.05) is 42.4 Å². The molecule has 0 fully saturated rings. The maximum atomic E-state index is 5.43. The van der Waals surface area contributed by atoms with Gasteiger partial charge in [0.2, 0.25) is 0 Å². The first-order valence-electron chi connectivity index (χ1n) is 5.93. The number of nitrogens with zero attached hydrogens (tertiary/aromatic N) is 2. The van der Waals surface area contributed by atoms with Gasteiger partial charge in [-0.3, -0.25) is 0 Å². The van der Waals surface area contributed by atoms with Crippen LogP contribution in [0.1, 0.15) is 12.7 Å². The van der Waals surface area contributed by atoms with Crippen molar-refractivity contribution in [2.45, 2.75) is 13.3 Å². The van der Waals surface area contributed by atoms with Crippen molar-refractivity contribution in [3.8, 4) is 22.5 Å². The summed E-state index contributed by atoms with van der Waals surface area (Å²) in [7, 11) is 0. The van der Waals surface area contributed by atoms with Crippen molar-refractivity contribution in [3.05, 3.63) is 48.6 Å². The number of H-pyrrole nitrogens is 1. The van der Waals surface area contributed by atoms with Gasteiger partial charge >= 0.3 is 0 Å². The van der Waals surface area contributed by atoms with Crippen LogP contribution in [0.2, 0.25) is 0 Å². The first-order chi connectivity index (χ1) is 8.90. The van der Waals surface area contributed by atoms with Crippen LogP contribution in [0, 0.1) is 0 Å². The Morgan fingerprint density at radius 1 is 1.22 bits per heavy atom. The van der Waals surface area contributed by atoms with Crippen LogP contribution in [0.5, 0.6) is 0 Å². The summed E-state index contributed by atoms with van der Waals surface area (Å²) in [5.74, 6) is 0.873. The number of nitrogens with one attached hydrogen (secondary N) is 1. The molecule has 0 spiro atoms. The Kier molecular flexibility index (Phi) is 2.68. The van der Waals surface area contributed by atoms with Gasteiger partial charge in [-0.15, -0.1) is 0 Å². The van der Waals surface area contributed by atoms with Gasteiger partial charge in [0.05, 0.1) is 23.8 Å². The lowest BCUT2D eigenvalue weighted by Gasteiger charge is -2.00. The number of hydrogen-bond donors (Lipinski definition) is 1. The largest absolute Gasteiger partial charge is 0.360 e. The average molecular weight is 239 g/mol. The highest BCUT2D eigenvalue weighted by atomic mass is 16.5. The van der Waals surface area contributed by atoms with Gasteiger partial charge in [-0.05, 0) is 0 Å². The molecule has 90 valence electrons. The predicted octanol–water partition coefficient (Wildman–Crippen LogP) is 3.29. The molecule has 0 saturated carbocycles. The van der Waals surface area contributed by atoms with Gasteiger partial charge in [0.15, 0.2) is 0 Å². The molecule has 0 saturated heterocycles. The van der Waals surface area contributed by atoms with E-state index in [1.165, 1.54) is 0 Å². The maximum Gasteiger partial charge on any atom is 0.146 e. The zero-order valence-electron chi connectivity index (χ0n) is 10.1. The molecule has 0 unspecified atom stereocenters. The fourth-order valence-electron chi connectivity index (χ4n) is 2.03. The first-order valence-corrected chi connectivity index (χ1v) is 5.93. The summed E-state index contributed by atoms with van der Waals surface area (Å²) in [4.78, 5) is 7.18. The molecule has 2 aromatic heterocycles. The van der Waals surface area contributed by atoms with E-state index in [0.29, 0.717) is 0 Å². The minimum atomic E-state index is 0.800. The van der Waals surface area contributed by atoms with E-state index < -0.39 is 0 Å². The van der Waals surface area contributed by atoms with E-state index in [0.717, 1.165) is 34.7 Å². The monoisotopic (exact) mass is 239 g/mol. The third-order valence-electron chi connectivity index (χ3n) is 2.90. The Hall–Kier alpha value is -2.36. The smallest absolute Gasteiger partial charge is 0.146 e. The summed E-state index contributed by atoms with van der Waals surface area (Å²) < 4.78 is 5.43. The van der Waals surface area contributed by atoms with E-state index in [4.69, 9.17) is 4.52 Å². The molecule has 0 amide bonds. The maximum absolute atomic E-state index is 5.43. The highest BCUT2D eigenvalue weighted by Crippen LogP contribution is 2.33. The Bertz CT molecular complexity index is 626. The molecule has 0 aliphatic rings. The molecule has 3 aromatic rings. The van der Waals surface area contributed by atoms with Crippen molar-refractivity contribution < 1.29 is 4.52 Å². The number of hydrogen-bond acceptors (Lipinski definition) is 3. The SMILES string of the molecule is CCc1onc(-c2ccccc2)c1-c1cnc[nH]1. The van der Waals surface area contributed by atoms with E-state index in [1.54, 1.807) is 12.5 Å². The van der Waals surface area contributed by atoms with Crippen LogP contribution in [-0.2, 0) is 6.42 Å². The molecule has 0 atom stereocenters. The second-order valence-corrected chi connectivity index (χ2v) is 4.01. The zero-order valence-corrected chi connectivity index (χ0v) is 10.1. The quantitative estimate of drug-likeness (QED) is 0.763. The Labute approximate surface area is 105 Å². The van der Waals surface area contributed by atoms with Crippen molar-refractivity contribution in [2.75, 3.05) is 0 Å². The van der Waals surface area contributed by atoms with Crippen LogP contribution in [0.25, 0.3) is 22.5 Å². The molecule has 1 N–H and O–H groups in total. The van der Waals surface area contributed by atoms with Crippen LogP contribution in [0.4, 0.5) is 0 Å². The van der Waals surface area contributed by atoms with Gasteiger partial charge in [-0.2, -0.15) is 0 Å². The van der Waals surface area contributed by atoms with Crippen LogP contribution in [0.3, 0.4) is 0 Å².